The summed E-state index contributed by atoms with van der Waals surface area (Å²) in [5.41, 5.74) is 2.72. The molecule has 2 rings (SSSR count). The van der Waals surface area contributed by atoms with Crippen LogP contribution in [-0.2, 0) is 9.53 Å². The molecule has 1 fully saturated rings. The van der Waals surface area contributed by atoms with Crippen molar-refractivity contribution in [1.29, 1.82) is 0 Å². The van der Waals surface area contributed by atoms with Crippen LogP contribution in [-0.4, -0.2) is 49.4 Å². The van der Waals surface area contributed by atoms with Gasteiger partial charge in [-0.05, 0) is 19.4 Å². The highest BCUT2D eigenvalue weighted by Crippen LogP contribution is 2.34. The van der Waals surface area contributed by atoms with E-state index < -0.39 is 12.0 Å². The maximum atomic E-state index is 11.8. The minimum absolute atomic E-state index is 0.566. The van der Waals surface area contributed by atoms with Crippen LogP contribution in [0.1, 0.15) is 22.7 Å². The van der Waals surface area contributed by atoms with Crippen LogP contribution >= 0.6 is 0 Å². The first-order valence-electron chi connectivity index (χ1n) is 6.74. The number of benzene rings is 1. The Labute approximate surface area is 119 Å². The standard InChI is InChI=1S/C15H21NO4/c1-10-8-11(2)14(19-3)12(9-10)13(15(17)18)16-4-6-20-7-5-16/h8-9,13H,4-7H2,1-3H3,(H,17,18). The average molecular weight is 279 g/mol. The van der Waals surface area contributed by atoms with E-state index in [0.717, 1.165) is 16.7 Å². The Hall–Kier alpha value is -1.59. The SMILES string of the molecule is COc1c(C)cc(C)cc1C(C(=O)O)N1CCOCC1. The lowest BCUT2D eigenvalue weighted by atomic mass is 9.98. The van der Waals surface area contributed by atoms with E-state index in [1.165, 1.54) is 0 Å². The van der Waals surface area contributed by atoms with Gasteiger partial charge in [-0.2, -0.15) is 0 Å². The van der Waals surface area contributed by atoms with Gasteiger partial charge in [-0.3, -0.25) is 9.69 Å². The number of aliphatic carboxylic acids is 1. The highest BCUT2D eigenvalue weighted by Gasteiger charge is 2.31. The molecular weight excluding hydrogens is 258 g/mol. The normalized spacial score (nSPS) is 17.8. The number of nitrogens with zero attached hydrogens (tertiary/aromatic N) is 1. The minimum Gasteiger partial charge on any atom is -0.496 e. The molecule has 1 atom stereocenters. The molecule has 0 aliphatic carbocycles. The smallest absolute Gasteiger partial charge is 0.325 e. The first-order chi connectivity index (χ1) is 9.54. The molecule has 5 heteroatoms. The van der Waals surface area contributed by atoms with Gasteiger partial charge in [0, 0.05) is 18.7 Å². The minimum atomic E-state index is -0.852. The predicted molar refractivity (Wildman–Crippen MR) is 75.2 cm³/mol. The summed E-state index contributed by atoms with van der Waals surface area (Å²) in [6.07, 6.45) is 0. The molecule has 0 aromatic heterocycles. The maximum Gasteiger partial charge on any atom is 0.325 e. The molecule has 0 amide bonds. The van der Waals surface area contributed by atoms with Crippen molar-refractivity contribution in [3.63, 3.8) is 0 Å². The van der Waals surface area contributed by atoms with Crippen molar-refractivity contribution >= 4 is 5.97 Å². The van der Waals surface area contributed by atoms with E-state index in [-0.39, 0.29) is 0 Å². The second kappa shape index (κ2) is 6.24. The van der Waals surface area contributed by atoms with Gasteiger partial charge in [0.2, 0.25) is 0 Å². The Balaban J connectivity index is 2.45. The van der Waals surface area contributed by atoms with Gasteiger partial charge in [0.05, 0.1) is 20.3 Å². The summed E-state index contributed by atoms with van der Waals surface area (Å²) in [7, 11) is 1.58. The molecular formula is C15H21NO4. The maximum absolute atomic E-state index is 11.8. The van der Waals surface area contributed by atoms with Gasteiger partial charge in [-0.25, -0.2) is 0 Å². The zero-order chi connectivity index (χ0) is 14.7. The van der Waals surface area contributed by atoms with Gasteiger partial charge in [0.15, 0.2) is 0 Å². The Morgan fingerprint density at radius 1 is 1.35 bits per heavy atom. The van der Waals surface area contributed by atoms with Crippen LogP contribution in [0.15, 0.2) is 12.1 Å². The van der Waals surface area contributed by atoms with E-state index in [1.807, 2.05) is 30.9 Å². The lowest BCUT2D eigenvalue weighted by Gasteiger charge is -2.33. The lowest BCUT2D eigenvalue weighted by Crippen LogP contribution is -2.42. The van der Waals surface area contributed by atoms with E-state index in [0.29, 0.717) is 32.1 Å². The van der Waals surface area contributed by atoms with Gasteiger partial charge < -0.3 is 14.6 Å². The van der Waals surface area contributed by atoms with Gasteiger partial charge in [0.1, 0.15) is 11.8 Å². The number of carboxylic acids is 1. The van der Waals surface area contributed by atoms with Crippen LogP contribution < -0.4 is 4.74 Å². The molecule has 1 aliphatic heterocycles. The molecule has 1 N–H and O–H groups in total. The van der Waals surface area contributed by atoms with Crippen LogP contribution in [0, 0.1) is 13.8 Å². The van der Waals surface area contributed by atoms with Crippen LogP contribution in [0.4, 0.5) is 0 Å². The van der Waals surface area contributed by atoms with E-state index >= 15 is 0 Å². The van der Waals surface area contributed by atoms with Crippen molar-refractivity contribution in [2.45, 2.75) is 19.9 Å². The summed E-state index contributed by atoms with van der Waals surface area (Å²) in [4.78, 5) is 13.7. The number of aryl methyl sites for hydroxylation is 2. The third-order valence-corrected chi connectivity index (χ3v) is 3.59. The second-order valence-corrected chi connectivity index (χ2v) is 5.09. The lowest BCUT2D eigenvalue weighted by molar-refractivity contribution is -0.145. The van der Waals surface area contributed by atoms with Crippen molar-refractivity contribution in [2.75, 3.05) is 33.4 Å². The first-order valence-corrected chi connectivity index (χ1v) is 6.74. The topological polar surface area (TPSA) is 59.0 Å². The highest BCUT2D eigenvalue weighted by atomic mass is 16.5. The van der Waals surface area contributed by atoms with Crippen LogP contribution in [0.25, 0.3) is 0 Å². The summed E-state index contributed by atoms with van der Waals surface area (Å²) in [6.45, 7) is 6.27. The quantitative estimate of drug-likeness (QED) is 0.910. The second-order valence-electron chi connectivity index (χ2n) is 5.09. The van der Waals surface area contributed by atoms with Crippen molar-refractivity contribution in [3.05, 3.63) is 28.8 Å². The number of methoxy groups -OCH3 is 1. The Bertz CT molecular complexity index is 495. The molecule has 1 aliphatic rings. The molecule has 20 heavy (non-hydrogen) atoms. The predicted octanol–water partition coefficient (Wildman–Crippen LogP) is 1.77. The number of ether oxygens (including phenoxy) is 2. The van der Waals surface area contributed by atoms with E-state index in [4.69, 9.17) is 9.47 Å². The van der Waals surface area contributed by atoms with Crippen molar-refractivity contribution in [3.8, 4) is 5.75 Å². The summed E-state index contributed by atoms with van der Waals surface area (Å²) < 4.78 is 10.7. The summed E-state index contributed by atoms with van der Waals surface area (Å²) >= 11 is 0. The van der Waals surface area contributed by atoms with Gasteiger partial charge >= 0.3 is 5.97 Å². The van der Waals surface area contributed by atoms with Crippen molar-refractivity contribution < 1.29 is 19.4 Å². The highest BCUT2D eigenvalue weighted by molar-refractivity contribution is 5.77. The first kappa shape index (κ1) is 14.8. The third-order valence-electron chi connectivity index (χ3n) is 3.59. The molecule has 0 saturated carbocycles. The molecule has 0 radical (unpaired) electrons. The number of hydrogen-bond donors (Lipinski definition) is 1. The Kier molecular flexibility index (Phi) is 4.62. The molecule has 1 unspecified atom stereocenters. The Morgan fingerprint density at radius 3 is 2.55 bits per heavy atom. The molecule has 1 saturated heterocycles. The number of morpholine rings is 1. The molecule has 0 bridgehead atoms. The summed E-state index contributed by atoms with van der Waals surface area (Å²) in [6, 6.07) is 3.22. The van der Waals surface area contributed by atoms with Gasteiger partial charge in [-0.15, -0.1) is 0 Å². The number of rotatable bonds is 4. The van der Waals surface area contributed by atoms with Gasteiger partial charge in [-0.1, -0.05) is 17.7 Å². The fourth-order valence-electron chi connectivity index (χ4n) is 2.79. The summed E-state index contributed by atoms with van der Waals surface area (Å²) in [5, 5.41) is 9.64. The number of carboxylic acid groups (broad SMARTS) is 1. The molecule has 1 aromatic rings. The van der Waals surface area contributed by atoms with Gasteiger partial charge in [0.25, 0.3) is 0 Å². The molecule has 0 spiro atoms. The molecule has 1 heterocycles. The van der Waals surface area contributed by atoms with E-state index in [1.54, 1.807) is 7.11 Å². The Morgan fingerprint density at radius 2 is 2.00 bits per heavy atom. The van der Waals surface area contributed by atoms with Crippen molar-refractivity contribution in [2.24, 2.45) is 0 Å². The van der Waals surface area contributed by atoms with E-state index in [2.05, 4.69) is 0 Å². The van der Waals surface area contributed by atoms with Crippen LogP contribution in [0.5, 0.6) is 5.75 Å². The fraction of sp³-hybridized carbons (Fsp3) is 0.533. The summed E-state index contributed by atoms with van der Waals surface area (Å²) in [5.74, 6) is -0.190. The molecule has 1 aromatic carbocycles. The van der Waals surface area contributed by atoms with Crippen molar-refractivity contribution in [1.82, 2.24) is 4.90 Å². The average Bonchev–Trinajstić information content (AvgIpc) is 2.39. The van der Waals surface area contributed by atoms with Crippen LogP contribution in [0.2, 0.25) is 0 Å². The third kappa shape index (κ3) is 2.94. The number of hydrogen-bond acceptors (Lipinski definition) is 4. The number of carbonyl (C=O) groups is 1. The fourth-order valence-corrected chi connectivity index (χ4v) is 2.79. The monoisotopic (exact) mass is 279 g/mol. The zero-order valence-corrected chi connectivity index (χ0v) is 12.2. The van der Waals surface area contributed by atoms with E-state index in [9.17, 15) is 9.90 Å². The molecule has 110 valence electrons. The largest absolute Gasteiger partial charge is 0.496 e. The zero-order valence-electron chi connectivity index (χ0n) is 12.2. The van der Waals surface area contributed by atoms with Crippen LogP contribution in [0.3, 0.4) is 0 Å². The molecule has 5 nitrogen and oxygen atoms in total.